The van der Waals surface area contributed by atoms with E-state index in [2.05, 4.69) is 0 Å². The highest BCUT2D eigenvalue weighted by atomic mass is 16.6. The number of likely N-dealkylation sites (tertiary alicyclic amines) is 1. The Bertz CT molecular complexity index is 547. The number of piperidine rings is 1. The molecule has 1 aliphatic heterocycles. The lowest BCUT2D eigenvalue weighted by molar-refractivity contribution is -0.125. The van der Waals surface area contributed by atoms with E-state index in [1.165, 1.54) is 0 Å². The van der Waals surface area contributed by atoms with Crippen molar-refractivity contribution >= 4 is 11.9 Å². The van der Waals surface area contributed by atoms with Crippen molar-refractivity contribution in [3.63, 3.8) is 0 Å². The van der Waals surface area contributed by atoms with Gasteiger partial charge in [0.15, 0.2) is 0 Å². The Morgan fingerprint density at radius 1 is 1.17 bits per heavy atom. The van der Waals surface area contributed by atoms with Crippen molar-refractivity contribution in [2.45, 2.75) is 71.1 Å². The fourth-order valence-corrected chi connectivity index (χ4v) is 3.11. The van der Waals surface area contributed by atoms with Crippen molar-refractivity contribution in [2.24, 2.45) is 0 Å². The second-order valence-electron chi connectivity index (χ2n) is 7.24. The lowest BCUT2D eigenvalue weighted by Crippen LogP contribution is -2.54. The van der Waals surface area contributed by atoms with Crippen LogP contribution in [0, 0.1) is 0 Å². The van der Waals surface area contributed by atoms with Crippen molar-refractivity contribution in [3.8, 4) is 0 Å². The Kier molecular flexibility index (Phi) is 5.45. The molecule has 1 saturated heterocycles. The van der Waals surface area contributed by atoms with Crippen molar-refractivity contribution in [3.05, 3.63) is 35.9 Å². The molecule has 0 unspecified atom stereocenters. The number of amides is 1. The summed E-state index contributed by atoms with van der Waals surface area (Å²) < 4.78 is 5.59. The van der Waals surface area contributed by atoms with E-state index in [0.717, 1.165) is 12.0 Å². The van der Waals surface area contributed by atoms with Crippen LogP contribution in [0.2, 0.25) is 0 Å². The zero-order valence-electron chi connectivity index (χ0n) is 14.5. The van der Waals surface area contributed by atoms with Gasteiger partial charge in [0, 0.05) is 24.9 Å². The minimum absolute atomic E-state index is 0.0696. The standard InChI is InChI=1S/C19H27NO3/c1-5-15-12-17(21)13-16(11-14-9-7-6-8-10-14)20(15)18(22)23-19(2,3)4/h6-10,15-16H,5,11-13H2,1-4H3/t15-,16+/m1/s1. The number of carbonyl (C=O) groups excluding carboxylic acids is 2. The Labute approximate surface area is 138 Å². The van der Waals surface area contributed by atoms with E-state index in [1.807, 2.05) is 58.0 Å². The summed E-state index contributed by atoms with van der Waals surface area (Å²) in [6, 6.07) is 9.80. The molecule has 1 aliphatic rings. The predicted molar refractivity (Wildman–Crippen MR) is 90.3 cm³/mol. The molecule has 1 fully saturated rings. The molecule has 0 N–H and O–H groups in total. The van der Waals surface area contributed by atoms with E-state index >= 15 is 0 Å². The zero-order valence-corrected chi connectivity index (χ0v) is 14.5. The summed E-state index contributed by atoms with van der Waals surface area (Å²) in [5.41, 5.74) is 0.601. The lowest BCUT2D eigenvalue weighted by atomic mass is 9.89. The summed E-state index contributed by atoms with van der Waals surface area (Å²) in [5, 5.41) is 0. The average molecular weight is 317 g/mol. The van der Waals surface area contributed by atoms with E-state index in [1.54, 1.807) is 4.90 Å². The maximum atomic E-state index is 12.7. The summed E-state index contributed by atoms with van der Waals surface area (Å²) in [6.45, 7) is 7.62. The molecule has 0 bridgehead atoms. The van der Waals surface area contributed by atoms with Gasteiger partial charge in [-0.1, -0.05) is 37.3 Å². The van der Waals surface area contributed by atoms with Crippen LogP contribution in [-0.2, 0) is 16.0 Å². The topological polar surface area (TPSA) is 46.6 Å². The van der Waals surface area contributed by atoms with Crippen LogP contribution in [0.4, 0.5) is 4.79 Å². The Balaban J connectivity index is 2.23. The number of Topliss-reactive ketones (excluding diaryl/α,β-unsaturated/α-hetero) is 1. The molecule has 23 heavy (non-hydrogen) atoms. The van der Waals surface area contributed by atoms with Crippen LogP contribution < -0.4 is 0 Å². The molecule has 1 aromatic rings. The second-order valence-corrected chi connectivity index (χ2v) is 7.24. The monoisotopic (exact) mass is 317 g/mol. The normalized spacial score (nSPS) is 22.1. The number of rotatable bonds is 3. The number of benzene rings is 1. The van der Waals surface area contributed by atoms with Crippen molar-refractivity contribution in [2.75, 3.05) is 0 Å². The van der Waals surface area contributed by atoms with Gasteiger partial charge in [0.2, 0.25) is 0 Å². The Hall–Kier alpha value is -1.84. The molecule has 2 atom stereocenters. The van der Waals surface area contributed by atoms with Crippen LogP contribution in [-0.4, -0.2) is 34.5 Å². The number of hydrogen-bond donors (Lipinski definition) is 0. The van der Waals surface area contributed by atoms with E-state index in [4.69, 9.17) is 4.74 Å². The SMILES string of the molecule is CC[C@@H]1CC(=O)C[C@H](Cc2ccccc2)N1C(=O)OC(C)(C)C. The third-order valence-electron chi connectivity index (χ3n) is 4.10. The number of hydrogen-bond acceptors (Lipinski definition) is 3. The van der Waals surface area contributed by atoms with Gasteiger partial charge in [-0.2, -0.15) is 0 Å². The fourth-order valence-electron chi connectivity index (χ4n) is 3.11. The van der Waals surface area contributed by atoms with Gasteiger partial charge in [-0.3, -0.25) is 4.79 Å². The summed E-state index contributed by atoms with van der Waals surface area (Å²) in [6.07, 6.45) is 1.97. The minimum atomic E-state index is -0.534. The first kappa shape index (κ1) is 17.5. The molecule has 0 aromatic heterocycles. The molecule has 0 spiro atoms. The summed E-state index contributed by atoms with van der Waals surface area (Å²) in [5.74, 6) is 0.234. The number of ether oxygens (including phenoxy) is 1. The first-order valence-corrected chi connectivity index (χ1v) is 8.37. The van der Waals surface area contributed by atoms with E-state index < -0.39 is 5.60 Å². The molecule has 4 heteroatoms. The molecular formula is C19H27NO3. The minimum Gasteiger partial charge on any atom is -0.444 e. The summed E-state index contributed by atoms with van der Waals surface area (Å²) in [7, 11) is 0. The summed E-state index contributed by atoms with van der Waals surface area (Å²) >= 11 is 0. The van der Waals surface area contributed by atoms with Crippen LogP contribution in [0.1, 0.15) is 52.5 Å². The van der Waals surface area contributed by atoms with Gasteiger partial charge in [0.25, 0.3) is 0 Å². The first-order chi connectivity index (χ1) is 10.8. The fraction of sp³-hybridized carbons (Fsp3) is 0.579. The Morgan fingerprint density at radius 3 is 2.35 bits per heavy atom. The highest BCUT2D eigenvalue weighted by Gasteiger charge is 2.39. The molecule has 126 valence electrons. The maximum Gasteiger partial charge on any atom is 0.410 e. The van der Waals surface area contributed by atoms with Crippen LogP contribution in [0.15, 0.2) is 30.3 Å². The largest absolute Gasteiger partial charge is 0.444 e. The van der Waals surface area contributed by atoms with Crippen molar-refractivity contribution in [1.29, 1.82) is 0 Å². The molecule has 4 nitrogen and oxygen atoms in total. The van der Waals surface area contributed by atoms with Gasteiger partial charge >= 0.3 is 6.09 Å². The lowest BCUT2D eigenvalue weighted by Gasteiger charge is -2.41. The number of ketones is 1. The van der Waals surface area contributed by atoms with Gasteiger partial charge in [-0.15, -0.1) is 0 Å². The quantitative estimate of drug-likeness (QED) is 0.847. The van der Waals surface area contributed by atoms with Crippen LogP contribution in [0.5, 0.6) is 0 Å². The van der Waals surface area contributed by atoms with Crippen LogP contribution in [0.25, 0.3) is 0 Å². The molecule has 2 rings (SSSR count). The van der Waals surface area contributed by atoms with Crippen LogP contribution >= 0.6 is 0 Å². The smallest absolute Gasteiger partial charge is 0.410 e. The molecule has 0 radical (unpaired) electrons. The third kappa shape index (κ3) is 4.81. The number of carbonyl (C=O) groups is 2. The number of nitrogens with zero attached hydrogens (tertiary/aromatic N) is 1. The van der Waals surface area contributed by atoms with Gasteiger partial charge in [-0.25, -0.2) is 4.79 Å². The van der Waals surface area contributed by atoms with Gasteiger partial charge in [-0.05, 0) is 39.2 Å². The van der Waals surface area contributed by atoms with E-state index in [-0.39, 0.29) is 24.0 Å². The zero-order chi connectivity index (χ0) is 17.0. The third-order valence-corrected chi connectivity index (χ3v) is 4.10. The van der Waals surface area contributed by atoms with E-state index in [9.17, 15) is 9.59 Å². The first-order valence-electron chi connectivity index (χ1n) is 8.37. The van der Waals surface area contributed by atoms with Crippen LogP contribution in [0.3, 0.4) is 0 Å². The van der Waals surface area contributed by atoms with Gasteiger partial charge in [0.05, 0.1) is 0 Å². The molecule has 1 aromatic carbocycles. The highest BCUT2D eigenvalue weighted by Crippen LogP contribution is 2.27. The molecule has 1 amide bonds. The second kappa shape index (κ2) is 7.16. The molecular weight excluding hydrogens is 290 g/mol. The molecule has 0 aliphatic carbocycles. The van der Waals surface area contributed by atoms with Gasteiger partial charge < -0.3 is 9.64 Å². The predicted octanol–water partition coefficient (Wildman–Crippen LogP) is 3.98. The highest BCUT2D eigenvalue weighted by molar-refractivity contribution is 5.83. The van der Waals surface area contributed by atoms with Crippen molar-refractivity contribution in [1.82, 2.24) is 4.90 Å². The molecule has 1 heterocycles. The Morgan fingerprint density at radius 2 is 1.78 bits per heavy atom. The maximum absolute atomic E-state index is 12.7. The summed E-state index contributed by atoms with van der Waals surface area (Å²) in [4.78, 5) is 26.6. The van der Waals surface area contributed by atoms with E-state index in [0.29, 0.717) is 19.3 Å². The average Bonchev–Trinajstić information content (AvgIpc) is 2.45. The van der Waals surface area contributed by atoms with Gasteiger partial charge in [0.1, 0.15) is 11.4 Å². The molecule has 0 saturated carbocycles. The van der Waals surface area contributed by atoms with Crippen molar-refractivity contribution < 1.29 is 14.3 Å².